The zero-order valence-electron chi connectivity index (χ0n) is 19.7. The fraction of sp³-hybridized carbons (Fsp3) is 0.231. The Morgan fingerprint density at radius 1 is 1.23 bits per heavy atom. The maximum atomic E-state index is 13.9. The first-order chi connectivity index (χ1) is 16.8. The largest absolute Gasteiger partial charge is 0.310 e. The third-order valence-corrected chi connectivity index (χ3v) is 6.00. The van der Waals surface area contributed by atoms with E-state index in [0.717, 1.165) is 5.69 Å². The Morgan fingerprint density at radius 2 is 2.00 bits per heavy atom. The highest BCUT2D eigenvalue weighted by atomic mass is 19.1. The lowest BCUT2D eigenvalue weighted by molar-refractivity contribution is -0.117. The van der Waals surface area contributed by atoms with Gasteiger partial charge in [0.1, 0.15) is 23.5 Å². The van der Waals surface area contributed by atoms with Gasteiger partial charge in [-0.25, -0.2) is 9.37 Å². The SMILES string of the molecule is CCN(CC(=O)Nc1c(C#N)c(C)c(C)n1-c1cccc(F)c1)Cc1nc2ccccc2c(=O)[nH]1. The Morgan fingerprint density at radius 3 is 2.71 bits per heavy atom. The molecule has 0 aliphatic carbocycles. The smallest absolute Gasteiger partial charge is 0.258 e. The number of carbonyl (C=O) groups is 1. The zero-order valence-corrected chi connectivity index (χ0v) is 19.7. The van der Waals surface area contributed by atoms with Crippen LogP contribution in [-0.4, -0.2) is 38.4 Å². The number of benzene rings is 2. The van der Waals surface area contributed by atoms with Crippen molar-refractivity contribution in [2.45, 2.75) is 27.3 Å². The topological polar surface area (TPSA) is 107 Å². The molecule has 0 saturated carbocycles. The normalized spacial score (nSPS) is 11.1. The van der Waals surface area contributed by atoms with E-state index in [2.05, 4.69) is 21.4 Å². The summed E-state index contributed by atoms with van der Waals surface area (Å²) in [4.78, 5) is 34.5. The third-order valence-electron chi connectivity index (χ3n) is 6.00. The van der Waals surface area contributed by atoms with Gasteiger partial charge in [0.05, 0.1) is 35.2 Å². The van der Waals surface area contributed by atoms with Gasteiger partial charge in [0.15, 0.2) is 0 Å². The molecule has 0 aliphatic heterocycles. The van der Waals surface area contributed by atoms with Crippen LogP contribution in [0.15, 0.2) is 53.3 Å². The zero-order chi connectivity index (χ0) is 25.1. The Hall–Kier alpha value is -4.29. The van der Waals surface area contributed by atoms with Crippen LogP contribution in [0.1, 0.15) is 29.6 Å². The minimum atomic E-state index is -0.418. The number of hydrogen-bond donors (Lipinski definition) is 2. The monoisotopic (exact) mass is 472 g/mol. The number of nitriles is 1. The van der Waals surface area contributed by atoms with Gasteiger partial charge in [-0.3, -0.25) is 19.1 Å². The summed E-state index contributed by atoms with van der Waals surface area (Å²) in [5.74, 6) is -0.0120. The van der Waals surface area contributed by atoms with Gasteiger partial charge in [0, 0.05) is 5.69 Å². The van der Waals surface area contributed by atoms with Crippen molar-refractivity contribution in [3.63, 3.8) is 0 Å². The lowest BCUT2D eigenvalue weighted by atomic mass is 10.2. The van der Waals surface area contributed by atoms with E-state index in [9.17, 15) is 19.2 Å². The number of nitrogens with one attached hydrogen (secondary N) is 2. The van der Waals surface area contributed by atoms with E-state index in [0.29, 0.717) is 45.9 Å². The number of nitrogens with zero attached hydrogens (tertiary/aromatic N) is 4. The molecule has 0 radical (unpaired) electrons. The molecule has 1 amide bonds. The van der Waals surface area contributed by atoms with Crippen LogP contribution in [0.4, 0.5) is 10.2 Å². The maximum Gasteiger partial charge on any atom is 0.258 e. The van der Waals surface area contributed by atoms with E-state index >= 15 is 0 Å². The number of aromatic nitrogens is 3. The number of H-pyrrole nitrogens is 1. The summed E-state index contributed by atoms with van der Waals surface area (Å²) >= 11 is 0. The van der Waals surface area contributed by atoms with Crippen LogP contribution in [0.25, 0.3) is 16.6 Å². The quantitative estimate of drug-likeness (QED) is 0.426. The van der Waals surface area contributed by atoms with Crippen LogP contribution < -0.4 is 10.9 Å². The van der Waals surface area contributed by atoms with Crippen LogP contribution in [-0.2, 0) is 11.3 Å². The molecule has 0 fully saturated rings. The van der Waals surface area contributed by atoms with Crippen molar-refractivity contribution in [2.75, 3.05) is 18.4 Å². The fourth-order valence-electron chi connectivity index (χ4n) is 4.07. The second-order valence-electron chi connectivity index (χ2n) is 8.24. The number of anilines is 1. The van der Waals surface area contributed by atoms with Crippen LogP contribution in [0.2, 0.25) is 0 Å². The maximum absolute atomic E-state index is 13.9. The van der Waals surface area contributed by atoms with Crippen LogP contribution in [0, 0.1) is 31.0 Å². The molecule has 0 unspecified atom stereocenters. The van der Waals surface area contributed by atoms with Crippen molar-refractivity contribution in [2.24, 2.45) is 0 Å². The van der Waals surface area contributed by atoms with Gasteiger partial charge in [-0.05, 0) is 56.3 Å². The highest BCUT2D eigenvalue weighted by molar-refractivity contribution is 5.93. The highest BCUT2D eigenvalue weighted by Crippen LogP contribution is 2.30. The van der Waals surface area contributed by atoms with Crippen molar-refractivity contribution in [1.82, 2.24) is 19.4 Å². The average molecular weight is 473 g/mol. The predicted molar refractivity (Wildman–Crippen MR) is 132 cm³/mol. The number of fused-ring (bicyclic) bond motifs is 1. The molecule has 4 aromatic rings. The van der Waals surface area contributed by atoms with E-state index in [4.69, 9.17) is 0 Å². The first-order valence-electron chi connectivity index (χ1n) is 11.2. The van der Waals surface area contributed by atoms with E-state index in [-0.39, 0.29) is 24.6 Å². The van der Waals surface area contributed by atoms with Gasteiger partial charge in [0.2, 0.25) is 5.91 Å². The number of halogens is 1. The third kappa shape index (κ3) is 4.83. The molecule has 2 N–H and O–H groups in total. The average Bonchev–Trinajstić information content (AvgIpc) is 3.07. The number of aromatic amines is 1. The second-order valence-corrected chi connectivity index (χ2v) is 8.24. The van der Waals surface area contributed by atoms with Crippen molar-refractivity contribution < 1.29 is 9.18 Å². The number of hydrogen-bond acceptors (Lipinski definition) is 5. The van der Waals surface area contributed by atoms with Gasteiger partial charge in [-0.2, -0.15) is 5.26 Å². The van der Waals surface area contributed by atoms with E-state index in [1.807, 2.05) is 24.8 Å². The minimum absolute atomic E-state index is 0.00430. The standard InChI is InChI=1S/C26H25FN6O2/c1-4-32(14-23-29-22-11-6-5-10-20(22)26(35)30-23)15-24(34)31-25-21(13-28)16(2)17(3)33(25)19-9-7-8-18(27)12-19/h5-12H,4,14-15H2,1-3H3,(H,31,34)(H,29,30,35). The van der Waals surface area contributed by atoms with Crippen LogP contribution in [0.3, 0.4) is 0 Å². The molecule has 2 aromatic heterocycles. The van der Waals surface area contributed by atoms with E-state index in [1.54, 1.807) is 41.8 Å². The van der Waals surface area contributed by atoms with Gasteiger partial charge in [-0.15, -0.1) is 0 Å². The van der Waals surface area contributed by atoms with Crippen molar-refractivity contribution in [3.05, 3.63) is 87.3 Å². The lowest BCUT2D eigenvalue weighted by Gasteiger charge is -2.20. The molecule has 0 saturated heterocycles. The predicted octanol–water partition coefficient (Wildman–Crippen LogP) is 3.80. The van der Waals surface area contributed by atoms with E-state index in [1.165, 1.54) is 12.1 Å². The molecule has 8 nitrogen and oxygen atoms in total. The van der Waals surface area contributed by atoms with Crippen LogP contribution in [0.5, 0.6) is 0 Å². The molecule has 0 bridgehead atoms. The Balaban J connectivity index is 1.59. The Kier molecular flexibility index (Phi) is 6.75. The lowest BCUT2D eigenvalue weighted by Crippen LogP contribution is -2.34. The highest BCUT2D eigenvalue weighted by Gasteiger charge is 2.22. The first-order valence-corrected chi connectivity index (χ1v) is 11.2. The molecular formula is C26H25FN6O2. The molecule has 0 atom stereocenters. The van der Waals surface area contributed by atoms with Crippen LogP contribution >= 0.6 is 0 Å². The summed E-state index contributed by atoms with van der Waals surface area (Å²) in [7, 11) is 0. The van der Waals surface area contributed by atoms with Crippen molar-refractivity contribution in [3.8, 4) is 11.8 Å². The molecule has 2 aromatic carbocycles. The molecule has 0 aliphatic rings. The number of carbonyl (C=O) groups excluding carboxylic acids is 1. The molecular weight excluding hydrogens is 447 g/mol. The van der Waals surface area contributed by atoms with Crippen molar-refractivity contribution in [1.29, 1.82) is 5.26 Å². The number of likely N-dealkylation sites (N-methyl/N-ethyl adjacent to an activating group) is 1. The number of para-hydroxylation sites is 1. The van der Waals surface area contributed by atoms with Gasteiger partial charge >= 0.3 is 0 Å². The summed E-state index contributed by atoms with van der Waals surface area (Å²) in [6, 6.07) is 15.2. The molecule has 178 valence electrons. The Labute approximate surface area is 201 Å². The summed E-state index contributed by atoms with van der Waals surface area (Å²) in [5, 5.41) is 13.1. The summed E-state index contributed by atoms with van der Waals surface area (Å²) in [6.45, 7) is 6.30. The number of rotatable bonds is 7. The summed E-state index contributed by atoms with van der Waals surface area (Å²) in [5.41, 5.74) is 2.62. The molecule has 2 heterocycles. The minimum Gasteiger partial charge on any atom is -0.310 e. The Bertz CT molecular complexity index is 1510. The summed E-state index contributed by atoms with van der Waals surface area (Å²) in [6.07, 6.45) is 0. The first kappa shape index (κ1) is 23.9. The fourth-order valence-corrected chi connectivity index (χ4v) is 4.07. The van der Waals surface area contributed by atoms with Crippen molar-refractivity contribution >= 4 is 22.6 Å². The molecule has 4 rings (SSSR count). The molecule has 35 heavy (non-hydrogen) atoms. The second kappa shape index (κ2) is 9.91. The van der Waals surface area contributed by atoms with Gasteiger partial charge < -0.3 is 10.3 Å². The molecule has 0 spiro atoms. The number of amides is 1. The molecule has 9 heteroatoms. The van der Waals surface area contributed by atoms with Gasteiger partial charge in [0.25, 0.3) is 5.56 Å². The summed E-state index contributed by atoms with van der Waals surface area (Å²) < 4.78 is 15.6. The van der Waals surface area contributed by atoms with Gasteiger partial charge in [-0.1, -0.05) is 25.1 Å². The van der Waals surface area contributed by atoms with E-state index < -0.39 is 5.82 Å².